The molecule has 0 saturated heterocycles. The van der Waals surface area contributed by atoms with Gasteiger partial charge in [0.15, 0.2) is 5.13 Å². The predicted octanol–water partition coefficient (Wildman–Crippen LogP) is 1.84. The summed E-state index contributed by atoms with van der Waals surface area (Å²) in [4.78, 5) is 15.0. The van der Waals surface area contributed by atoms with E-state index in [-0.39, 0.29) is 5.91 Å². The number of nitrogens with zero attached hydrogens (tertiary/aromatic N) is 1. The zero-order valence-electron chi connectivity index (χ0n) is 7.57. The van der Waals surface area contributed by atoms with Gasteiger partial charge in [0.2, 0.25) is 5.91 Å². The normalized spacial score (nSPS) is 10.4. The molecule has 1 aromatic carbocycles. The number of carbonyl (C=O) groups excluding carboxylic acids is 1. The van der Waals surface area contributed by atoms with Gasteiger partial charge in [-0.25, -0.2) is 4.98 Å². The Morgan fingerprint density at radius 1 is 1.57 bits per heavy atom. The predicted molar refractivity (Wildman–Crippen MR) is 58.3 cm³/mol. The van der Waals surface area contributed by atoms with E-state index in [0.717, 1.165) is 10.2 Å². The second-order valence-corrected chi connectivity index (χ2v) is 3.96. The van der Waals surface area contributed by atoms with Crippen molar-refractivity contribution in [3.05, 3.63) is 18.2 Å². The van der Waals surface area contributed by atoms with E-state index in [4.69, 9.17) is 5.73 Å². The summed E-state index contributed by atoms with van der Waals surface area (Å²) < 4.78 is 0.980. The summed E-state index contributed by atoms with van der Waals surface area (Å²) in [5, 5.41) is 3.25. The third kappa shape index (κ3) is 1.67. The largest absolute Gasteiger partial charge is 0.399 e. The third-order valence-electron chi connectivity index (χ3n) is 1.70. The lowest BCUT2D eigenvalue weighted by Gasteiger charge is -1.91. The molecule has 0 atom stereocenters. The molecule has 1 amide bonds. The fourth-order valence-corrected chi connectivity index (χ4v) is 2.11. The molecule has 1 aromatic heterocycles. The highest BCUT2D eigenvalue weighted by Gasteiger charge is 2.04. The van der Waals surface area contributed by atoms with Gasteiger partial charge in [-0.15, -0.1) is 0 Å². The van der Waals surface area contributed by atoms with Crippen LogP contribution < -0.4 is 11.1 Å². The molecule has 72 valence electrons. The number of hydrogen-bond donors (Lipinski definition) is 2. The van der Waals surface area contributed by atoms with Gasteiger partial charge < -0.3 is 11.1 Å². The standard InChI is InChI=1S/C9H9N3OS/c1-5(13)11-9-12-7-3-2-6(10)4-8(7)14-9/h2-4H,10H2,1H3,(H,11,12,13). The van der Waals surface area contributed by atoms with E-state index < -0.39 is 0 Å². The Morgan fingerprint density at radius 3 is 3.07 bits per heavy atom. The summed E-state index contributed by atoms with van der Waals surface area (Å²) in [6, 6.07) is 5.48. The van der Waals surface area contributed by atoms with Crippen LogP contribution in [0.1, 0.15) is 6.92 Å². The lowest BCUT2D eigenvalue weighted by molar-refractivity contribution is -0.114. The van der Waals surface area contributed by atoms with E-state index >= 15 is 0 Å². The molecule has 14 heavy (non-hydrogen) atoms. The maximum Gasteiger partial charge on any atom is 0.223 e. The van der Waals surface area contributed by atoms with Gasteiger partial charge in [0, 0.05) is 12.6 Å². The van der Waals surface area contributed by atoms with Crippen molar-refractivity contribution < 1.29 is 4.79 Å². The highest BCUT2D eigenvalue weighted by atomic mass is 32.1. The van der Waals surface area contributed by atoms with Crippen molar-refractivity contribution in [2.75, 3.05) is 11.1 Å². The molecule has 4 nitrogen and oxygen atoms in total. The molecule has 5 heteroatoms. The Morgan fingerprint density at radius 2 is 2.36 bits per heavy atom. The Labute approximate surface area is 84.8 Å². The van der Waals surface area contributed by atoms with Crippen LogP contribution in [0.25, 0.3) is 10.2 Å². The van der Waals surface area contributed by atoms with Crippen LogP contribution in [0.5, 0.6) is 0 Å². The van der Waals surface area contributed by atoms with Gasteiger partial charge >= 0.3 is 0 Å². The molecule has 0 aliphatic rings. The number of rotatable bonds is 1. The van der Waals surface area contributed by atoms with Crippen LogP contribution in [0.15, 0.2) is 18.2 Å². The molecule has 2 aromatic rings. The van der Waals surface area contributed by atoms with E-state index in [9.17, 15) is 4.79 Å². The van der Waals surface area contributed by atoms with Crippen molar-refractivity contribution in [2.45, 2.75) is 6.92 Å². The number of aromatic nitrogens is 1. The van der Waals surface area contributed by atoms with Crippen molar-refractivity contribution >= 4 is 38.3 Å². The van der Waals surface area contributed by atoms with Gasteiger partial charge in [-0.3, -0.25) is 4.79 Å². The maximum atomic E-state index is 10.8. The third-order valence-corrected chi connectivity index (χ3v) is 2.63. The molecular weight excluding hydrogens is 198 g/mol. The van der Waals surface area contributed by atoms with Gasteiger partial charge in [-0.1, -0.05) is 11.3 Å². The first-order valence-electron chi connectivity index (χ1n) is 4.09. The number of nitrogens with one attached hydrogen (secondary N) is 1. The molecule has 2 rings (SSSR count). The van der Waals surface area contributed by atoms with Gasteiger partial charge in [0.05, 0.1) is 10.2 Å². The molecule has 0 spiro atoms. The van der Waals surface area contributed by atoms with Crippen LogP contribution in [-0.4, -0.2) is 10.9 Å². The number of nitrogen functional groups attached to an aromatic ring is 1. The monoisotopic (exact) mass is 207 g/mol. The number of hydrogen-bond acceptors (Lipinski definition) is 4. The van der Waals surface area contributed by atoms with Gasteiger partial charge in [-0.2, -0.15) is 0 Å². The number of fused-ring (bicyclic) bond motifs is 1. The van der Waals surface area contributed by atoms with Crippen LogP contribution in [0.4, 0.5) is 10.8 Å². The number of amides is 1. The molecule has 1 heterocycles. The van der Waals surface area contributed by atoms with Gasteiger partial charge in [0.1, 0.15) is 0 Å². The maximum absolute atomic E-state index is 10.8. The minimum atomic E-state index is -0.114. The lowest BCUT2D eigenvalue weighted by Crippen LogP contribution is -2.04. The van der Waals surface area contributed by atoms with E-state index in [1.807, 2.05) is 12.1 Å². The first kappa shape index (κ1) is 8.96. The summed E-state index contributed by atoms with van der Waals surface area (Å²) in [6.45, 7) is 1.46. The van der Waals surface area contributed by atoms with Gasteiger partial charge in [0.25, 0.3) is 0 Å². The zero-order chi connectivity index (χ0) is 10.1. The van der Waals surface area contributed by atoms with Crippen LogP contribution in [0.3, 0.4) is 0 Å². The smallest absolute Gasteiger partial charge is 0.223 e. The molecular formula is C9H9N3OS. The molecule has 0 radical (unpaired) electrons. The lowest BCUT2D eigenvalue weighted by atomic mass is 10.3. The van der Waals surface area contributed by atoms with Crippen molar-refractivity contribution in [2.24, 2.45) is 0 Å². The summed E-state index contributed by atoms with van der Waals surface area (Å²) in [5.41, 5.74) is 7.18. The van der Waals surface area contributed by atoms with E-state index in [1.165, 1.54) is 18.3 Å². The number of anilines is 2. The molecule has 0 fully saturated rings. The fraction of sp³-hybridized carbons (Fsp3) is 0.111. The van der Waals surface area contributed by atoms with E-state index in [0.29, 0.717) is 10.8 Å². The number of benzene rings is 1. The highest BCUT2D eigenvalue weighted by molar-refractivity contribution is 7.22. The SMILES string of the molecule is CC(=O)Nc1nc2ccc(N)cc2s1. The average molecular weight is 207 g/mol. The molecule has 0 saturated carbocycles. The van der Waals surface area contributed by atoms with Crippen LogP contribution in [0.2, 0.25) is 0 Å². The summed E-state index contributed by atoms with van der Waals surface area (Å²) in [7, 11) is 0. The van der Waals surface area contributed by atoms with Gasteiger partial charge in [-0.05, 0) is 18.2 Å². The van der Waals surface area contributed by atoms with Crippen molar-refractivity contribution in [1.82, 2.24) is 4.98 Å². The summed E-state index contributed by atoms with van der Waals surface area (Å²) >= 11 is 1.42. The topological polar surface area (TPSA) is 68.0 Å². The number of thiazole rings is 1. The summed E-state index contributed by atoms with van der Waals surface area (Å²) in [6.07, 6.45) is 0. The van der Waals surface area contributed by atoms with Crippen molar-refractivity contribution in [3.8, 4) is 0 Å². The Kier molecular flexibility index (Phi) is 2.09. The minimum absolute atomic E-state index is 0.114. The minimum Gasteiger partial charge on any atom is -0.399 e. The Balaban J connectivity index is 2.46. The van der Waals surface area contributed by atoms with Crippen molar-refractivity contribution in [3.63, 3.8) is 0 Å². The second-order valence-electron chi connectivity index (χ2n) is 2.93. The fourth-order valence-electron chi connectivity index (χ4n) is 1.15. The number of carbonyl (C=O) groups is 1. The second kappa shape index (κ2) is 3.26. The summed E-state index contributed by atoms with van der Waals surface area (Å²) in [5.74, 6) is -0.114. The quantitative estimate of drug-likeness (QED) is 0.701. The van der Waals surface area contributed by atoms with Crippen LogP contribution >= 0.6 is 11.3 Å². The molecule has 0 aliphatic carbocycles. The molecule has 0 aliphatic heterocycles. The Hall–Kier alpha value is -1.62. The van der Waals surface area contributed by atoms with Crippen LogP contribution in [-0.2, 0) is 4.79 Å². The van der Waals surface area contributed by atoms with Crippen LogP contribution in [0, 0.1) is 0 Å². The van der Waals surface area contributed by atoms with E-state index in [1.54, 1.807) is 6.07 Å². The van der Waals surface area contributed by atoms with E-state index in [2.05, 4.69) is 10.3 Å². The van der Waals surface area contributed by atoms with Crippen molar-refractivity contribution in [1.29, 1.82) is 0 Å². The molecule has 0 unspecified atom stereocenters. The molecule has 0 bridgehead atoms. The zero-order valence-corrected chi connectivity index (χ0v) is 8.39. The Bertz CT molecular complexity index is 492. The first-order valence-corrected chi connectivity index (χ1v) is 4.90. The molecule has 3 N–H and O–H groups in total. The first-order chi connectivity index (χ1) is 6.65. The highest BCUT2D eigenvalue weighted by Crippen LogP contribution is 2.27. The average Bonchev–Trinajstić information content (AvgIpc) is 2.44. The number of nitrogens with two attached hydrogens (primary N) is 1.